The van der Waals surface area contributed by atoms with Crippen LogP contribution in [0.5, 0.6) is 0 Å². The van der Waals surface area contributed by atoms with Crippen LogP contribution in [0.15, 0.2) is 59.5 Å². The highest BCUT2D eigenvalue weighted by Gasteiger charge is 2.48. The van der Waals surface area contributed by atoms with Gasteiger partial charge in [-0.2, -0.15) is 0 Å². The molecule has 2 atom stereocenters. The monoisotopic (exact) mass is 627 g/mol. The summed E-state index contributed by atoms with van der Waals surface area (Å²) in [5.41, 5.74) is 2.02. The number of hydrogen-bond acceptors (Lipinski definition) is 5. The number of halogens is 1. The van der Waals surface area contributed by atoms with Crippen LogP contribution in [-0.2, 0) is 26.0 Å². The molecule has 0 radical (unpaired) electrons. The van der Waals surface area contributed by atoms with Gasteiger partial charge in [-0.05, 0) is 80.3 Å². The largest absolute Gasteiger partial charge is 0.342 e. The van der Waals surface area contributed by atoms with Gasteiger partial charge in [-0.1, -0.05) is 55.3 Å². The number of nitrogens with zero attached hydrogens (tertiary/aromatic N) is 3. The number of piperidine rings is 1. The standard InChI is InChI=1S/C34H45N3O4S.ClH/c1-42(40,41)30-13-11-27(12-14-30)22-36-20-17-34(33(36)39)15-18-35(19-16-34)23-29-24-37(32(38)21-26-7-5-6-8-26)25-31(29)28-9-3-2-4-10-28;/h2-4,9-14,26,29,31H,5-8,15-25H2,1H3;1H. The van der Waals surface area contributed by atoms with Crippen molar-refractivity contribution in [2.75, 3.05) is 45.5 Å². The van der Waals surface area contributed by atoms with E-state index in [1.54, 1.807) is 12.1 Å². The number of benzene rings is 2. The third kappa shape index (κ3) is 7.12. The van der Waals surface area contributed by atoms with E-state index in [-0.39, 0.29) is 23.7 Å². The molecule has 1 spiro atoms. The summed E-state index contributed by atoms with van der Waals surface area (Å²) >= 11 is 0. The Labute approximate surface area is 263 Å². The Morgan fingerprint density at radius 3 is 2.21 bits per heavy atom. The van der Waals surface area contributed by atoms with Crippen LogP contribution in [0.3, 0.4) is 0 Å². The minimum atomic E-state index is -3.23. The fraction of sp³-hybridized carbons (Fsp3) is 0.588. The fourth-order valence-corrected chi connectivity index (χ4v) is 8.62. The summed E-state index contributed by atoms with van der Waals surface area (Å²) in [5.74, 6) is 1.92. The average Bonchev–Trinajstić information content (AvgIpc) is 3.72. The average molecular weight is 628 g/mol. The van der Waals surface area contributed by atoms with Gasteiger partial charge in [-0.25, -0.2) is 8.42 Å². The van der Waals surface area contributed by atoms with Crippen LogP contribution in [0.2, 0.25) is 0 Å². The first-order chi connectivity index (χ1) is 20.2. The molecule has 2 aromatic carbocycles. The molecular formula is C34H46ClN3O4S. The molecule has 0 bridgehead atoms. The first kappa shape index (κ1) is 32.0. The van der Waals surface area contributed by atoms with E-state index in [1.165, 1.54) is 37.5 Å². The lowest BCUT2D eigenvalue weighted by Gasteiger charge is -2.39. The van der Waals surface area contributed by atoms with Crippen LogP contribution in [0.25, 0.3) is 0 Å². The highest BCUT2D eigenvalue weighted by molar-refractivity contribution is 7.90. The maximum Gasteiger partial charge on any atom is 0.229 e. The molecule has 4 aliphatic rings. The molecule has 1 aliphatic carbocycles. The van der Waals surface area contributed by atoms with Crippen molar-refractivity contribution in [1.29, 1.82) is 0 Å². The third-order valence-electron chi connectivity index (χ3n) is 10.6. The van der Waals surface area contributed by atoms with Crippen LogP contribution in [0, 0.1) is 17.3 Å². The number of hydrogen-bond donors (Lipinski definition) is 0. The molecule has 3 heterocycles. The minimum absolute atomic E-state index is 0. The summed E-state index contributed by atoms with van der Waals surface area (Å²) in [7, 11) is -3.23. The van der Waals surface area contributed by atoms with Crippen molar-refractivity contribution >= 4 is 34.1 Å². The minimum Gasteiger partial charge on any atom is -0.342 e. The smallest absolute Gasteiger partial charge is 0.229 e. The maximum atomic E-state index is 13.6. The molecule has 4 fully saturated rings. The SMILES string of the molecule is CS(=O)(=O)c1ccc(CN2CCC3(CCN(CC4CN(C(=O)CC5CCCC5)CC4c4ccccc4)CC3)C2=O)cc1.Cl. The second kappa shape index (κ2) is 13.3. The highest BCUT2D eigenvalue weighted by atomic mass is 35.5. The van der Waals surface area contributed by atoms with E-state index in [1.807, 2.05) is 17.0 Å². The van der Waals surface area contributed by atoms with Crippen molar-refractivity contribution in [3.05, 3.63) is 65.7 Å². The van der Waals surface area contributed by atoms with Crippen molar-refractivity contribution in [2.45, 2.75) is 68.7 Å². The number of carbonyl (C=O) groups excluding carboxylic acids is 2. The van der Waals surface area contributed by atoms with Gasteiger partial charge in [0.05, 0.1) is 10.3 Å². The predicted molar refractivity (Wildman–Crippen MR) is 171 cm³/mol. The molecule has 3 saturated heterocycles. The summed E-state index contributed by atoms with van der Waals surface area (Å²) in [4.78, 5) is 33.9. The number of sulfone groups is 1. The summed E-state index contributed by atoms with van der Waals surface area (Å²) in [5, 5.41) is 0. The second-order valence-corrected chi connectivity index (χ2v) is 15.4. The first-order valence-electron chi connectivity index (χ1n) is 15.8. The van der Waals surface area contributed by atoms with E-state index in [9.17, 15) is 18.0 Å². The molecule has 3 aliphatic heterocycles. The fourth-order valence-electron chi connectivity index (χ4n) is 7.99. The maximum absolute atomic E-state index is 13.6. The lowest BCUT2D eigenvalue weighted by molar-refractivity contribution is -0.139. The van der Waals surface area contributed by atoms with Crippen LogP contribution < -0.4 is 0 Å². The zero-order chi connectivity index (χ0) is 29.3. The predicted octanol–water partition coefficient (Wildman–Crippen LogP) is 5.15. The molecule has 9 heteroatoms. The van der Waals surface area contributed by atoms with Gasteiger partial charge in [0.2, 0.25) is 11.8 Å². The molecule has 7 nitrogen and oxygen atoms in total. The van der Waals surface area contributed by atoms with Gasteiger partial charge >= 0.3 is 0 Å². The molecule has 2 amide bonds. The molecule has 43 heavy (non-hydrogen) atoms. The Morgan fingerprint density at radius 2 is 1.56 bits per heavy atom. The molecule has 0 aromatic heterocycles. The van der Waals surface area contributed by atoms with Crippen molar-refractivity contribution in [1.82, 2.24) is 14.7 Å². The normalized spacial score (nSPS) is 24.5. The summed E-state index contributed by atoms with van der Waals surface area (Å²) in [6.07, 6.45) is 9.50. The van der Waals surface area contributed by atoms with Gasteiger partial charge < -0.3 is 14.7 Å². The van der Waals surface area contributed by atoms with Crippen molar-refractivity contribution < 1.29 is 18.0 Å². The molecule has 2 aromatic rings. The number of carbonyl (C=O) groups is 2. The number of rotatable bonds is 8. The van der Waals surface area contributed by atoms with E-state index in [4.69, 9.17) is 0 Å². The van der Waals surface area contributed by atoms with Gasteiger partial charge in [0.15, 0.2) is 9.84 Å². The van der Waals surface area contributed by atoms with E-state index < -0.39 is 9.84 Å². The van der Waals surface area contributed by atoms with Crippen LogP contribution in [0.1, 0.15) is 68.4 Å². The summed E-state index contributed by atoms with van der Waals surface area (Å²) in [6, 6.07) is 17.6. The van der Waals surface area contributed by atoms with E-state index in [2.05, 4.69) is 40.1 Å². The molecule has 1 saturated carbocycles. The zero-order valence-electron chi connectivity index (χ0n) is 25.3. The van der Waals surface area contributed by atoms with Gasteiger partial charge in [0, 0.05) is 51.3 Å². The summed E-state index contributed by atoms with van der Waals surface area (Å²) < 4.78 is 23.6. The Hall–Kier alpha value is -2.42. The Balaban J connectivity index is 0.00000368. The lowest BCUT2D eigenvalue weighted by Crippen LogP contribution is -2.46. The number of likely N-dealkylation sites (tertiary alicyclic amines) is 3. The zero-order valence-corrected chi connectivity index (χ0v) is 27.0. The van der Waals surface area contributed by atoms with Crippen LogP contribution in [-0.4, -0.2) is 80.5 Å². The van der Waals surface area contributed by atoms with Gasteiger partial charge in [-0.15, -0.1) is 12.4 Å². The van der Waals surface area contributed by atoms with Gasteiger partial charge in [-0.3, -0.25) is 9.59 Å². The topological polar surface area (TPSA) is 78.0 Å². The van der Waals surface area contributed by atoms with Crippen molar-refractivity contribution in [3.8, 4) is 0 Å². The molecular weight excluding hydrogens is 582 g/mol. The van der Waals surface area contributed by atoms with E-state index in [0.29, 0.717) is 41.5 Å². The molecule has 2 unspecified atom stereocenters. The van der Waals surface area contributed by atoms with Crippen molar-refractivity contribution in [3.63, 3.8) is 0 Å². The van der Waals surface area contributed by atoms with E-state index in [0.717, 1.165) is 64.1 Å². The quantitative estimate of drug-likeness (QED) is 0.405. The second-order valence-electron chi connectivity index (χ2n) is 13.4. The van der Waals surface area contributed by atoms with Crippen molar-refractivity contribution in [2.24, 2.45) is 17.3 Å². The molecule has 6 rings (SSSR count). The Kier molecular flexibility index (Phi) is 9.89. The van der Waals surface area contributed by atoms with Gasteiger partial charge in [0.25, 0.3) is 0 Å². The highest BCUT2D eigenvalue weighted by Crippen LogP contribution is 2.43. The Morgan fingerprint density at radius 1 is 0.907 bits per heavy atom. The van der Waals surface area contributed by atoms with Crippen LogP contribution >= 0.6 is 12.4 Å². The third-order valence-corrected chi connectivity index (χ3v) is 11.7. The summed E-state index contributed by atoms with van der Waals surface area (Å²) in [6.45, 7) is 5.72. The number of amides is 2. The Bertz CT molecular complexity index is 1370. The molecule has 0 N–H and O–H groups in total. The van der Waals surface area contributed by atoms with E-state index >= 15 is 0 Å². The lowest BCUT2D eigenvalue weighted by atomic mass is 9.76. The first-order valence-corrected chi connectivity index (χ1v) is 17.7. The van der Waals surface area contributed by atoms with Gasteiger partial charge in [0.1, 0.15) is 0 Å². The van der Waals surface area contributed by atoms with Crippen LogP contribution in [0.4, 0.5) is 0 Å². The molecule has 234 valence electrons.